The number of methoxy groups -OCH3 is 2. The van der Waals surface area contributed by atoms with Gasteiger partial charge < -0.3 is 29.9 Å². The first-order valence-electron chi connectivity index (χ1n) is 5.43. The van der Waals surface area contributed by atoms with Crippen molar-refractivity contribution in [2.24, 2.45) is 0 Å². The second kappa shape index (κ2) is 7.10. The van der Waals surface area contributed by atoms with Gasteiger partial charge >= 0.3 is 0 Å². The molecule has 0 aromatic carbocycles. The minimum atomic E-state index is -1.36. The van der Waals surface area contributed by atoms with Gasteiger partial charge in [-0.3, -0.25) is 0 Å². The van der Waals surface area contributed by atoms with E-state index in [1.54, 1.807) is 0 Å². The van der Waals surface area contributed by atoms with E-state index < -0.39 is 51.8 Å². The number of aliphatic hydroxyl groups is 4. The highest BCUT2D eigenvalue weighted by Gasteiger charge is 2.33. The fourth-order valence-electron chi connectivity index (χ4n) is 1.06. The zero-order chi connectivity index (χ0) is 12.6. The van der Waals surface area contributed by atoms with Gasteiger partial charge in [0.1, 0.15) is 24.4 Å². The molecule has 0 aliphatic rings. The molecular formula is C8H18O6. The summed E-state index contributed by atoms with van der Waals surface area (Å²) in [7, 11) is -1.00. The summed E-state index contributed by atoms with van der Waals surface area (Å²) in [5, 5.41) is 36.3. The maximum absolute atomic E-state index is 9.40. The third-order valence-corrected chi connectivity index (χ3v) is 1.84. The first-order chi connectivity index (χ1) is 7.62. The van der Waals surface area contributed by atoms with Crippen molar-refractivity contribution in [2.45, 2.75) is 24.4 Å². The van der Waals surface area contributed by atoms with Crippen LogP contribution in [0.2, 0.25) is 0 Å². The summed E-state index contributed by atoms with van der Waals surface area (Å²) in [6.45, 7) is -1.28. The van der Waals surface area contributed by atoms with Crippen molar-refractivity contribution in [1.82, 2.24) is 0 Å². The van der Waals surface area contributed by atoms with E-state index in [2.05, 4.69) is 0 Å². The van der Waals surface area contributed by atoms with Crippen molar-refractivity contribution in [3.05, 3.63) is 0 Å². The lowest BCUT2D eigenvalue weighted by Crippen LogP contribution is -2.49. The fourth-order valence-corrected chi connectivity index (χ4v) is 1.06. The molecule has 0 aliphatic heterocycles. The van der Waals surface area contributed by atoms with Crippen LogP contribution in [0.1, 0.15) is 2.74 Å². The first kappa shape index (κ1) is 10.3. The Morgan fingerprint density at radius 1 is 1.00 bits per heavy atom. The van der Waals surface area contributed by atoms with Crippen LogP contribution in [-0.2, 0) is 9.47 Å². The van der Waals surface area contributed by atoms with Crippen molar-refractivity contribution in [2.75, 3.05) is 27.4 Å². The largest absolute Gasteiger partial charge is 0.394 e. The smallest absolute Gasteiger partial charge is 0.114 e. The monoisotopic (exact) mass is 212 g/mol. The second-order valence-corrected chi connectivity index (χ2v) is 2.76. The van der Waals surface area contributed by atoms with Crippen LogP contribution in [-0.4, -0.2) is 72.2 Å². The van der Waals surface area contributed by atoms with Gasteiger partial charge in [-0.1, -0.05) is 0 Å². The summed E-state index contributed by atoms with van der Waals surface area (Å²) in [6, 6.07) is 0. The van der Waals surface area contributed by atoms with Gasteiger partial charge in [-0.2, -0.15) is 0 Å². The molecule has 0 rings (SSSR count). The predicted molar refractivity (Wildman–Crippen MR) is 47.8 cm³/mol. The quantitative estimate of drug-likeness (QED) is 0.379. The van der Waals surface area contributed by atoms with Crippen LogP contribution >= 0.6 is 0 Å². The average Bonchev–Trinajstić information content (AvgIpc) is 2.31. The molecule has 0 unspecified atom stereocenters. The first-order valence-corrected chi connectivity index (χ1v) is 4.01. The maximum atomic E-state index is 9.40. The van der Waals surface area contributed by atoms with Crippen LogP contribution in [0.3, 0.4) is 0 Å². The Bertz CT molecular complexity index is 155. The standard InChI is InChI=1S/C8H18O6/c1-13-7(5(11)3-9)8(14-2)6(12)4-10/h5-12H,3-4H2,1-2H3/t5-,6+,7+,8-/i1D,2D. The van der Waals surface area contributed by atoms with Crippen molar-refractivity contribution >= 4 is 0 Å². The van der Waals surface area contributed by atoms with Crippen LogP contribution in [0, 0.1) is 0 Å². The fraction of sp³-hybridized carbons (Fsp3) is 1.00. The Morgan fingerprint density at radius 2 is 1.36 bits per heavy atom. The van der Waals surface area contributed by atoms with Crippen LogP contribution in [0.15, 0.2) is 0 Å². The molecule has 0 radical (unpaired) electrons. The summed E-state index contributed by atoms with van der Waals surface area (Å²) in [4.78, 5) is 0. The van der Waals surface area contributed by atoms with Gasteiger partial charge in [0.25, 0.3) is 0 Å². The Hall–Kier alpha value is -0.240. The van der Waals surface area contributed by atoms with E-state index in [4.69, 9.17) is 22.4 Å². The molecule has 0 fully saturated rings. The minimum Gasteiger partial charge on any atom is -0.394 e. The number of hydrogen-bond acceptors (Lipinski definition) is 6. The highest BCUT2D eigenvalue weighted by molar-refractivity contribution is 4.82. The van der Waals surface area contributed by atoms with Gasteiger partial charge in [0.15, 0.2) is 0 Å². The number of aliphatic hydroxyl groups excluding tert-OH is 4. The third kappa shape index (κ3) is 3.49. The molecule has 4 atom stereocenters. The highest BCUT2D eigenvalue weighted by Crippen LogP contribution is 2.11. The van der Waals surface area contributed by atoms with E-state index in [0.29, 0.717) is 0 Å². The SMILES string of the molecule is [2H]CO[C@H]([C@H](OC[2H])[C@@H](O)CO)[C@H](O)CO. The van der Waals surface area contributed by atoms with Crippen molar-refractivity contribution in [3.63, 3.8) is 0 Å². The van der Waals surface area contributed by atoms with Gasteiger partial charge in [-0.25, -0.2) is 0 Å². The molecule has 0 heterocycles. The van der Waals surface area contributed by atoms with Crippen molar-refractivity contribution in [3.8, 4) is 0 Å². The second-order valence-electron chi connectivity index (χ2n) is 2.76. The van der Waals surface area contributed by atoms with Gasteiger partial charge in [-0.05, 0) is 0 Å². The number of ether oxygens (including phenoxy) is 2. The summed E-state index contributed by atoms with van der Waals surface area (Å²) in [5.74, 6) is 0. The molecular weight excluding hydrogens is 192 g/mol. The zero-order valence-electron chi connectivity index (χ0n) is 9.74. The molecule has 0 saturated heterocycles. The average molecular weight is 212 g/mol. The lowest BCUT2D eigenvalue weighted by atomic mass is 10.0. The van der Waals surface area contributed by atoms with Gasteiger partial charge in [0.05, 0.1) is 16.0 Å². The molecule has 6 heteroatoms. The number of hydrogen-bond donors (Lipinski definition) is 4. The Labute approximate surface area is 85.5 Å². The summed E-state index contributed by atoms with van der Waals surface area (Å²) < 4.78 is 23.3. The highest BCUT2D eigenvalue weighted by atomic mass is 16.5. The molecule has 0 aromatic rings. The van der Waals surface area contributed by atoms with Crippen LogP contribution in [0.25, 0.3) is 0 Å². The van der Waals surface area contributed by atoms with Gasteiger partial charge in [0, 0.05) is 14.2 Å². The normalized spacial score (nSPS) is 22.0. The minimum absolute atomic E-state index is 0.502. The van der Waals surface area contributed by atoms with Crippen molar-refractivity contribution in [1.29, 1.82) is 0 Å². The van der Waals surface area contributed by atoms with E-state index in [-0.39, 0.29) is 0 Å². The Balaban J connectivity index is 4.63. The summed E-state index contributed by atoms with van der Waals surface area (Å²) >= 11 is 0. The maximum Gasteiger partial charge on any atom is 0.114 e. The van der Waals surface area contributed by atoms with E-state index in [0.717, 1.165) is 0 Å². The predicted octanol–water partition coefficient (Wildman–Crippen LogP) is -2.28. The zero-order valence-corrected chi connectivity index (χ0v) is 7.74. The molecule has 6 nitrogen and oxygen atoms in total. The van der Waals surface area contributed by atoms with Crippen LogP contribution < -0.4 is 0 Å². The van der Waals surface area contributed by atoms with Gasteiger partial charge in [-0.15, -0.1) is 0 Å². The lowest BCUT2D eigenvalue weighted by Gasteiger charge is -2.30. The Morgan fingerprint density at radius 3 is 1.57 bits per heavy atom. The molecule has 0 amide bonds. The third-order valence-electron chi connectivity index (χ3n) is 1.84. The molecule has 0 aliphatic carbocycles. The molecule has 0 spiro atoms. The molecule has 0 bridgehead atoms. The lowest BCUT2D eigenvalue weighted by molar-refractivity contribution is -0.149. The molecule has 86 valence electrons. The van der Waals surface area contributed by atoms with E-state index in [9.17, 15) is 10.2 Å². The summed E-state index contributed by atoms with van der Waals surface area (Å²) in [5.41, 5.74) is 0. The van der Waals surface area contributed by atoms with E-state index >= 15 is 0 Å². The Kier molecular flexibility index (Phi) is 5.22. The number of rotatable bonds is 7. The van der Waals surface area contributed by atoms with Gasteiger partial charge in [0.2, 0.25) is 0 Å². The van der Waals surface area contributed by atoms with E-state index in [1.165, 1.54) is 0 Å². The molecule has 0 saturated carbocycles. The molecule has 4 N–H and O–H groups in total. The van der Waals surface area contributed by atoms with Crippen LogP contribution in [0.4, 0.5) is 0 Å². The topological polar surface area (TPSA) is 99.4 Å². The molecule has 14 heavy (non-hydrogen) atoms. The molecule has 0 aromatic heterocycles. The summed E-state index contributed by atoms with van der Waals surface area (Å²) in [6.07, 6.45) is -5.06. The van der Waals surface area contributed by atoms with E-state index in [1.807, 2.05) is 0 Å². The van der Waals surface area contributed by atoms with Crippen LogP contribution in [0.5, 0.6) is 0 Å². The van der Waals surface area contributed by atoms with Crippen molar-refractivity contribution < 1.29 is 32.6 Å².